The number of carbonyl (C=O) groups is 3. The Bertz CT molecular complexity index is 1060. The van der Waals surface area contributed by atoms with Crippen molar-refractivity contribution < 1.29 is 28.2 Å². The molecular weight excluding hydrogens is 393 g/mol. The molecule has 156 valence electrons. The van der Waals surface area contributed by atoms with E-state index < -0.39 is 35.7 Å². The van der Waals surface area contributed by atoms with Gasteiger partial charge in [-0.3, -0.25) is 14.5 Å². The van der Waals surface area contributed by atoms with E-state index in [9.17, 15) is 18.8 Å². The maximum atomic E-state index is 13.7. The van der Waals surface area contributed by atoms with Gasteiger partial charge in [0.1, 0.15) is 17.9 Å². The molecule has 2 aliphatic heterocycles. The maximum absolute atomic E-state index is 13.7. The highest BCUT2D eigenvalue weighted by Gasteiger charge is 2.48. The number of aryl methyl sites for hydroxylation is 1. The summed E-state index contributed by atoms with van der Waals surface area (Å²) in [4.78, 5) is 38.5. The van der Waals surface area contributed by atoms with Crippen molar-refractivity contribution in [3.63, 3.8) is 0 Å². The first-order chi connectivity index (χ1) is 14.2. The van der Waals surface area contributed by atoms with Crippen LogP contribution in [-0.4, -0.2) is 41.6 Å². The van der Waals surface area contributed by atoms with Gasteiger partial charge in [-0.2, -0.15) is 0 Å². The SMILES string of the molecule is Cc1ccc(NC(=O)CN2C(=O)N[C@](C)(Cc3ccc4c(c3)OCO4)C2=O)cc1F. The van der Waals surface area contributed by atoms with Crippen molar-refractivity contribution in [3.05, 3.63) is 53.3 Å². The second-order valence-electron chi connectivity index (χ2n) is 7.53. The van der Waals surface area contributed by atoms with Crippen LogP contribution in [0.15, 0.2) is 36.4 Å². The predicted octanol–water partition coefficient (Wildman–Crippen LogP) is 2.35. The zero-order valence-corrected chi connectivity index (χ0v) is 16.5. The largest absolute Gasteiger partial charge is 0.454 e. The van der Waals surface area contributed by atoms with Gasteiger partial charge in [0.05, 0.1) is 0 Å². The summed E-state index contributed by atoms with van der Waals surface area (Å²) in [7, 11) is 0. The lowest BCUT2D eigenvalue weighted by molar-refractivity contribution is -0.133. The number of anilines is 1. The third kappa shape index (κ3) is 3.66. The highest BCUT2D eigenvalue weighted by molar-refractivity contribution is 6.10. The predicted molar refractivity (Wildman–Crippen MR) is 105 cm³/mol. The lowest BCUT2D eigenvalue weighted by atomic mass is 9.92. The molecule has 0 aromatic heterocycles. The standard InChI is InChI=1S/C21H20FN3O5/c1-12-3-5-14(8-15(12)22)23-18(26)10-25-19(27)21(2,24-20(25)28)9-13-4-6-16-17(7-13)30-11-29-16/h3-8H,9-11H2,1-2H3,(H,23,26)(H,24,28)/t21-/m1/s1. The third-order valence-corrected chi connectivity index (χ3v) is 5.10. The van der Waals surface area contributed by atoms with E-state index in [-0.39, 0.29) is 18.9 Å². The Morgan fingerprint density at radius 2 is 1.97 bits per heavy atom. The van der Waals surface area contributed by atoms with Gasteiger partial charge < -0.3 is 20.1 Å². The summed E-state index contributed by atoms with van der Waals surface area (Å²) in [5.41, 5.74) is 0.262. The number of benzene rings is 2. The van der Waals surface area contributed by atoms with E-state index in [2.05, 4.69) is 10.6 Å². The summed E-state index contributed by atoms with van der Waals surface area (Å²) in [6.07, 6.45) is 0.218. The van der Waals surface area contributed by atoms with E-state index in [4.69, 9.17) is 9.47 Å². The number of nitrogens with zero attached hydrogens (tertiary/aromatic N) is 1. The Balaban J connectivity index is 1.43. The summed E-state index contributed by atoms with van der Waals surface area (Å²) in [5.74, 6) is -0.380. The summed E-state index contributed by atoms with van der Waals surface area (Å²) in [6.45, 7) is 2.87. The van der Waals surface area contributed by atoms with Gasteiger partial charge in [-0.15, -0.1) is 0 Å². The topological polar surface area (TPSA) is 97.0 Å². The Hall–Kier alpha value is -3.62. The van der Waals surface area contributed by atoms with E-state index in [0.29, 0.717) is 17.1 Å². The first kappa shape index (κ1) is 19.7. The number of hydrogen-bond donors (Lipinski definition) is 2. The van der Waals surface area contributed by atoms with E-state index in [1.807, 2.05) is 0 Å². The van der Waals surface area contributed by atoms with Crippen LogP contribution in [0.1, 0.15) is 18.1 Å². The molecule has 2 aliphatic rings. The number of halogens is 1. The number of fused-ring (bicyclic) bond motifs is 1. The lowest BCUT2D eigenvalue weighted by Crippen LogP contribution is -2.46. The van der Waals surface area contributed by atoms with Crippen molar-refractivity contribution in [1.82, 2.24) is 10.2 Å². The average molecular weight is 413 g/mol. The Morgan fingerprint density at radius 3 is 2.73 bits per heavy atom. The van der Waals surface area contributed by atoms with Crippen LogP contribution in [0.3, 0.4) is 0 Å². The lowest BCUT2D eigenvalue weighted by Gasteiger charge is -2.22. The molecule has 9 heteroatoms. The average Bonchev–Trinajstić information content (AvgIpc) is 3.23. The first-order valence-electron chi connectivity index (χ1n) is 9.34. The highest BCUT2D eigenvalue weighted by Crippen LogP contribution is 2.34. The summed E-state index contributed by atoms with van der Waals surface area (Å²) >= 11 is 0. The fourth-order valence-corrected chi connectivity index (χ4v) is 3.48. The molecule has 1 fully saturated rings. The number of amides is 4. The smallest absolute Gasteiger partial charge is 0.325 e. The van der Waals surface area contributed by atoms with Crippen LogP contribution in [0.4, 0.5) is 14.9 Å². The highest BCUT2D eigenvalue weighted by atomic mass is 19.1. The maximum Gasteiger partial charge on any atom is 0.325 e. The molecule has 2 N–H and O–H groups in total. The number of nitrogens with one attached hydrogen (secondary N) is 2. The number of hydrogen-bond acceptors (Lipinski definition) is 5. The fraction of sp³-hybridized carbons (Fsp3) is 0.286. The first-order valence-corrected chi connectivity index (χ1v) is 9.34. The molecule has 4 rings (SSSR count). The van der Waals surface area contributed by atoms with Gasteiger partial charge in [-0.25, -0.2) is 9.18 Å². The zero-order chi connectivity index (χ0) is 21.5. The van der Waals surface area contributed by atoms with Gasteiger partial charge in [0.25, 0.3) is 5.91 Å². The molecule has 0 radical (unpaired) electrons. The van der Waals surface area contributed by atoms with Crippen LogP contribution in [0.5, 0.6) is 11.5 Å². The van der Waals surface area contributed by atoms with Crippen LogP contribution in [0, 0.1) is 12.7 Å². The quantitative estimate of drug-likeness (QED) is 0.734. The van der Waals surface area contributed by atoms with Crippen molar-refractivity contribution in [2.75, 3.05) is 18.7 Å². The minimum Gasteiger partial charge on any atom is -0.454 e. The van der Waals surface area contributed by atoms with Crippen molar-refractivity contribution in [3.8, 4) is 11.5 Å². The number of carbonyl (C=O) groups excluding carboxylic acids is 3. The molecule has 0 spiro atoms. The number of imide groups is 1. The van der Waals surface area contributed by atoms with Crippen molar-refractivity contribution >= 4 is 23.5 Å². The number of urea groups is 1. The molecule has 0 bridgehead atoms. The summed E-state index contributed by atoms with van der Waals surface area (Å²) < 4.78 is 24.3. The van der Waals surface area contributed by atoms with Gasteiger partial charge in [0, 0.05) is 12.1 Å². The van der Waals surface area contributed by atoms with Crippen LogP contribution in [0.25, 0.3) is 0 Å². The number of rotatable bonds is 5. The molecular formula is C21H20FN3O5. The number of ether oxygens (including phenoxy) is 2. The van der Waals surface area contributed by atoms with E-state index in [1.54, 1.807) is 38.1 Å². The van der Waals surface area contributed by atoms with Crippen LogP contribution in [-0.2, 0) is 16.0 Å². The molecule has 0 unspecified atom stereocenters. The fourth-order valence-electron chi connectivity index (χ4n) is 3.48. The van der Waals surface area contributed by atoms with Crippen molar-refractivity contribution in [2.45, 2.75) is 25.8 Å². The van der Waals surface area contributed by atoms with Gasteiger partial charge in [-0.05, 0) is 49.2 Å². The second-order valence-corrected chi connectivity index (χ2v) is 7.53. The molecule has 0 saturated carbocycles. The Labute approximate surface area is 171 Å². The van der Waals surface area contributed by atoms with Crippen molar-refractivity contribution in [2.24, 2.45) is 0 Å². The van der Waals surface area contributed by atoms with Gasteiger partial charge >= 0.3 is 6.03 Å². The van der Waals surface area contributed by atoms with E-state index in [0.717, 1.165) is 10.5 Å². The van der Waals surface area contributed by atoms with E-state index >= 15 is 0 Å². The minimum atomic E-state index is -1.21. The van der Waals surface area contributed by atoms with Gasteiger partial charge in [0.15, 0.2) is 11.5 Å². The van der Waals surface area contributed by atoms with Crippen LogP contribution >= 0.6 is 0 Å². The molecule has 8 nitrogen and oxygen atoms in total. The van der Waals surface area contributed by atoms with Gasteiger partial charge in [0.2, 0.25) is 12.7 Å². The molecule has 2 aromatic carbocycles. The molecule has 2 heterocycles. The third-order valence-electron chi connectivity index (χ3n) is 5.10. The molecule has 1 saturated heterocycles. The van der Waals surface area contributed by atoms with E-state index in [1.165, 1.54) is 12.1 Å². The zero-order valence-electron chi connectivity index (χ0n) is 16.5. The summed E-state index contributed by atoms with van der Waals surface area (Å²) in [6, 6.07) is 8.89. The molecule has 30 heavy (non-hydrogen) atoms. The van der Waals surface area contributed by atoms with Gasteiger partial charge in [-0.1, -0.05) is 12.1 Å². The Morgan fingerprint density at radius 1 is 1.20 bits per heavy atom. The second kappa shape index (κ2) is 7.33. The molecule has 1 atom stereocenters. The minimum absolute atomic E-state index is 0.138. The van der Waals surface area contributed by atoms with Crippen molar-refractivity contribution in [1.29, 1.82) is 0 Å². The molecule has 2 aromatic rings. The van der Waals surface area contributed by atoms with Crippen LogP contribution in [0.2, 0.25) is 0 Å². The molecule has 4 amide bonds. The monoisotopic (exact) mass is 413 g/mol. The molecule has 0 aliphatic carbocycles. The summed E-state index contributed by atoms with van der Waals surface area (Å²) in [5, 5.41) is 5.16. The normalized spacial score (nSPS) is 19.8. The Kier molecular flexibility index (Phi) is 4.81. The van der Waals surface area contributed by atoms with Crippen LogP contribution < -0.4 is 20.1 Å².